The Morgan fingerprint density at radius 1 is 1.28 bits per heavy atom. The summed E-state index contributed by atoms with van der Waals surface area (Å²) >= 11 is 1.55. The van der Waals surface area contributed by atoms with Gasteiger partial charge in [0.1, 0.15) is 5.76 Å². The lowest BCUT2D eigenvalue weighted by molar-refractivity contribution is 0.0995. The van der Waals surface area contributed by atoms with Crippen LogP contribution in [0, 0.1) is 6.92 Å². The second-order valence-electron chi connectivity index (χ2n) is 6.20. The number of amides is 1. The first-order valence-corrected chi connectivity index (χ1v) is 9.12. The standard InChI is InChI=1S/C19H19N3O2S/c1-13-7-8-16(24-13)18(23)21-19-20-15-9-10-22(12-17(15)25-19)11-14-5-3-2-4-6-14/h2-8H,9-12H2,1H3,(H,20,21,23). The van der Waals surface area contributed by atoms with Gasteiger partial charge in [0.15, 0.2) is 10.9 Å². The molecule has 1 aliphatic rings. The van der Waals surface area contributed by atoms with Crippen LogP contribution in [0.3, 0.4) is 0 Å². The van der Waals surface area contributed by atoms with Crippen LogP contribution < -0.4 is 5.32 Å². The van der Waals surface area contributed by atoms with Crippen molar-refractivity contribution < 1.29 is 9.21 Å². The van der Waals surface area contributed by atoms with E-state index in [0.717, 1.165) is 37.5 Å². The van der Waals surface area contributed by atoms with Crippen LogP contribution in [0.5, 0.6) is 0 Å². The molecule has 1 N–H and O–H groups in total. The van der Waals surface area contributed by atoms with Gasteiger partial charge in [-0.1, -0.05) is 30.3 Å². The molecule has 1 aliphatic heterocycles. The molecule has 0 radical (unpaired) electrons. The van der Waals surface area contributed by atoms with E-state index in [2.05, 4.69) is 39.5 Å². The summed E-state index contributed by atoms with van der Waals surface area (Å²) in [5, 5.41) is 3.49. The molecule has 128 valence electrons. The fraction of sp³-hybridized carbons (Fsp3) is 0.263. The van der Waals surface area contributed by atoms with Gasteiger partial charge in [0.05, 0.1) is 5.69 Å². The number of aryl methyl sites for hydroxylation is 1. The number of aromatic nitrogens is 1. The highest BCUT2D eigenvalue weighted by molar-refractivity contribution is 7.15. The van der Waals surface area contributed by atoms with Gasteiger partial charge >= 0.3 is 0 Å². The van der Waals surface area contributed by atoms with Crippen LogP contribution >= 0.6 is 11.3 Å². The Kier molecular flexibility index (Phi) is 4.38. The van der Waals surface area contributed by atoms with Crippen molar-refractivity contribution in [3.63, 3.8) is 0 Å². The number of carbonyl (C=O) groups excluding carboxylic acids is 1. The normalized spacial score (nSPS) is 14.3. The van der Waals surface area contributed by atoms with E-state index in [1.54, 1.807) is 23.5 Å². The largest absolute Gasteiger partial charge is 0.456 e. The predicted molar refractivity (Wildman–Crippen MR) is 97.8 cm³/mol. The Morgan fingerprint density at radius 3 is 2.88 bits per heavy atom. The van der Waals surface area contributed by atoms with Gasteiger partial charge in [0.25, 0.3) is 5.91 Å². The number of fused-ring (bicyclic) bond motifs is 1. The highest BCUT2D eigenvalue weighted by atomic mass is 32.1. The van der Waals surface area contributed by atoms with Gasteiger partial charge < -0.3 is 4.42 Å². The zero-order chi connectivity index (χ0) is 17.2. The molecule has 5 nitrogen and oxygen atoms in total. The highest BCUT2D eigenvalue weighted by Gasteiger charge is 2.22. The molecule has 25 heavy (non-hydrogen) atoms. The van der Waals surface area contributed by atoms with E-state index in [1.165, 1.54) is 10.4 Å². The van der Waals surface area contributed by atoms with Crippen molar-refractivity contribution >= 4 is 22.4 Å². The predicted octanol–water partition coefficient (Wildman–Crippen LogP) is 3.86. The zero-order valence-electron chi connectivity index (χ0n) is 14.0. The molecule has 2 aromatic heterocycles. The van der Waals surface area contributed by atoms with Gasteiger partial charge in [-0.05, 0) is 24.6 Å². The second-order valence-corrected chi connectivity index (χ2v) is 7.28. The number of nitrogens with one attached hydrogen (secondary N) is 1. The second kappa shape index (κ2) is 6.82. The van der Waals surface area contributed by atoms with Crippen molar-refractivity contribution in [2.24, 2.45) is 0 Å². The third kappa shape index (κ3) is 3.65. The third-order valence-corrected chi connectivity index (χ3v) is 5.24. The number of rotatable bonds is 4. The third-order valence-electron chi connectivity index (χ3n) is 4.24. The van der Waals surface area contributed by atoms with Crippen LogP contribution in [-0.4, -0.2) is 22.3 Å². The van der Waals surface area contributed by atoms with Crippen LogP contribution in [-0.2, 0) is 19.5 Å². The number of anilines is 1. The van der Waals surface area contributed by atoms with E-state index < -0.39 is 0 Å². The van der Waals surface area contributed by atoms with Crippen molar-refractivity contribution in [1.29, 1.82) is 0 Å². The van der Waals surface area contributed by atoms with Crippen molar-refractivity contribution in [3.8, 4) is 0 Å². The van der Waals surface area contributed by atoms with E-state index in [9.17, 15) is 4.79 Å². The van der Waals surface area contributed by atoms with Crippen LogP contribution in [0.4, 0.5) is 5.13 Å². The zero-order valence-corrected chi connectivity index (χ0v) is 14.8. The lowest BCUT2D eigenvalue weighted by Crippen LogP contribution is -2.29. The SMILES string of the molecule is Cc1ccc(C(=O)Nc2nc3c(s2)CN(Cc2ccccc2)CC3)o1. The van der Waals surface area contributed by atoms with Crippen LogP contribution in [0.15, 0.2) is 46.9 Å². The first-order chi connectivity index (χ1) is 12.2. The molecule has 0 bridgehead atoms. The van der Waals surface area contributed by atoms with Gasteiger partial charge in [0.2, 0.25) is 0 Å². The number of furan rings is 1. The average Bonchev–Trinajstić information content (AvgIpc) is 3.21. The summed E-state index contributed by atoms with van der Waals surface area (Å²) in [6, 6.07) is 13.9. The smallest absolute Gasteiger partial charge is 0.293 e. The van der Waals surface area contributed by atoms with E-state index in [0.29, 0.717) is 10.9 Å². The molecule has 3 heterocycles. The van der Waals surface area contributed by atoms with Gasteiger partial charge in [-0.2, -0.15) is 0 Å². The number of thiazole rings is 1. The summed E-state index contributed by atoms with van der Waals surface area (Å²) in [6.07, 6.45) is 0.911. The maximum Gasteiger partial charge on any atom is 0.293 e. The lowest BCUT2D eigenvalue weighted by Gasteiger charge is -2.25. The minimum Gasteiger partial charge on any atom is -0.456 e. The molecular weight excluding hydrogens is 334 g/mol. The summed E-state index contributed by atoms with van der Waals surface area (Å²) < 4.78 is 5.36. The van der Waals surface area contributed by atoms with Crippen molar-refractivity contribution in [3.05, 3.63) is 70.1 Å². The first-order valence-electron chi connectivity index (χ1n) is 8.30. The average molecular weight is 353 g/mol. The molecule has 0 saturated heterocycles. The number of hydrogen-bond donors (Lipinski definition) is 1. The molecule has 1 amide bonds. The minimum atomic E-state index is -0.250. The molecule has 0 unspecified atom stereocenters. The monoisotopic (exact) mass is 353 g/mol. The van der Waals surface area contributed by atoms with Crippen LogP contribution in [0.1, 0.15) is 32.4 Å². The summed E-state index contributed by atoms with van der Waals surface area (Å²) in [4.78, 5) is 20.4. The Balaban J connectivity index is 1.43. The molecule has 3 aromatic rings. The first kappa shape index (κ1) is 16.1. The molecule has 0 atom stereocenters. The fourth-order valence-corrected chi connectivity index (χ4v) is 4.04. The summed E-state index contributed by atoms with van der Waals surface area (Å²) in [5.74, 6) is 0.789. The molecule has 1 aromatic carbocycles. The molecule has 0 saturated carbocycles. The Morgan fingerprint density at radius 2 is 2.12 bits per heavy atom. The van der Waals surface area contributed by atoms with E-state index >= 15 is 0 Å². The molecule has 0 aliphatic carbocycles. The van der Waals surface area contributed by atoms with Gasteiger partial charge in [-0.25, -0.2) is 4.98 Å². The van der Waals surface area contributed by atoms with Gasteiger partial charge in [-0.15, -0.1) is 11.3 Å². The van der Waals surface area contributed by atoms with Crippen molar-refractivity contribution in [1.82, 2.24) is 9.88 Å². The van der Waals surface area contributed by atoms with E-state index in [4.69, 9.17) is 4.42 Å². The topological polar surface area (TPSA) is 58.4 Å². The van der Waals surface area contributed by atoms with Gasteiger partial charge in [-0.3, -0.25) is 15.0 Å². The molecule has 0 spiro atoms. The summed E-state index contributed by atoms with van der Waals surface area (Å²) in [6.45, 7) is 4.61. The van der Waals surface area contributed by atoms with E-state index in [1.807, 2.05) is 13.0 Å². The van der Waals surface area contributed by atoms with Gasteiger partial charge in [0, 0.05) is 30.9 Å². The summed E-state index contributed by atoms with van der Waals surface area (Å²) in [5.41, 5.74) is 2.41. The summed E-state index contributed by atoms with van der Waals surface area (Å²) in [7, 11) is 0. The maximum absolute atomic E-state index is 12.2. The fourth-order valence-electron chi connectivity index (χ4n) is 2.99. The maximum atomic E-state index is 12.2. The minimum absolute atomic E-state index is 0.250. The Labute approximate surface area is 150 Å². The van der Waals surface area contributed by atoms with Crippen LogP contribution in [0.25, 0.3) is 0 Å². The number of carbonyl (C=O) groups is 1. The molecule has 0 fully saturated rings. The van der Waals surface area contributed by atoms with Crippen molar-refractivity contribution in [2.75, 3.05) is 11.9 Å². The van der Waals surface area contributed by atoms with E-state index in [-0.39, 0.29) is 5.91 Å². The lowest BCUT2D eigenvalue weighted by atomic mass is 10.1. The molecule has 4 rings (SSSR count). The number of hydrogen-bond acceptors (Lipinski definition) is 5. The molecular formula is C19H19N3O2S. The van der Waals surface area contributed by atoms with Crippen molar-refractivity contribution in [2.45, 2.75) is 26.4 Å². The molecule has 6 heteroatoms. The number of benzene rings is 1. The highest BCUT2D eigenvalue weighted by Crippen LogP contribution is 2.29. The number of nitrogens with zero attached hydrogens (tertiary/aromatic N) is 2. The van der Waals surface area contributed by atoms with Crippen LogP contribution in [0.2, 0.25) is 0 Å². The Bertz CT molecular complexity index is 885. The Hall–Kier alpha value is -2.44. The quantitative estimate of drug-likeness (QED) is 0.774.